The Kier molecular flexibility index (Phi) is 4.83. The van der Waals surface area contributed by atoms with Gasteiger partial charge >= 0.3 is 0 Å². The summed E-state index contributed by atoms with van der Waals surface area (Å²) < 4.78 is 18.5. The summed E-state index contributed by atoms with van der Waals surface area (Å²) in [7, 11) is 3.29. The van der Waals surface area contributed by atoms with Gasteiger partial charge in [-0.05, 0) is 36.8 Å². The second-order valence-corrected chi connectivity index (χ2v) is 6.70. The number of hydrogen-bond donors (Lipinski definition) is 1. The largest absolute Gasteiger partial charge is 0.492 e. The van der Waals surface area contributed by atoms with Crippen LogP contribution in [0, 0.1) is 6.92 Å². The molecule has 0 amide bonds. The first-order valence-electron chi connectivity index (χ1n) is 9.12. The van der Waals surface area contributed by atoms with Crippen LogP contribution in [0.4, 0.5) is 5.69 Å². The number of nitrogens with two attached hydrogens (primary N) is 1. The molecule has 1 aromatic heterocycles. The molecule has 1 aliphatic heterocycles. The minimum atomic E-state index is 0.454. The first-order chi connectivity index (χ1) is 13.6. The van der Waals surface area contributed by atoms with Gasteiger partial charge in [0, 0.05) is 41.5 Å². The van der Waals surface area contributed by atoms with Crippen LogP contribution < -0.4 is 20.2 Å². The van der Waals surface area contributed by atoms with Crippen molar-refractivity contribution < 1.29 is 14.2 Å². The Morgan fingerprint density at radius 2 is 2.04 bits per heavy atom. The molecule has 7 nitrogen and oxygen atoms in total. The number of aryl methyl sites for hydroxylation is 1. The Hall–Kier alpha value is -3.19. The van der Waals surface area contributed by atoms with Crippen LogP contribution in [0.1, 0.15) is 16.8 Å². The average Bonchev–Trinajstić information content (AvgIpc) is 3.14. The number of anilines is 1. The molecule has 0 atom stereocenters. The second kappa shape index (κ2) is 7.44. The third-order valence-electron chi connectivity index (χ3n) is 4.90. The highest BCUT2D eigenvalue weighted by molar-refractivity contribution is 6.02. The lowest BCUT2D eigenvalue weighted by atomic mass is 9.96. The Labute approximate surface area is 163 Å². The molecule has 0 saturated carbocycles. The molecule has 146 valence electrons. The number of aromatic nitrogens is 2. The normalized spacial score (nSPS) is 13.0. The van der Waals surface area contributed by atoms with Gasteiger partial charge in [0.15, 0.2) is 11.5 Å². The zero-order valence-electron chi connectivity index (χ0n) is 16.3. The van der Waals surface area contributed by atoms with Crippen molar-refractivity contribution in [3.05, 3.63) is 53.7 Å². The summed E-state index contributed by atoms with van der Waals surface area (Å²) in [5.41, 5.74) is 10.4. The molecule has 1 aliphatic rings. The lowest BCUT2D eigenvalue weighted by Gasteiger charge is -2.27. The maximum Gasteiger partial charge on any atom is 0.168 e. The minimum Gasteiger partial charge on any atom is -0.492 e. The summed E-state index contributed by atoms with van der Waals surface area (Å²) >= 11 is 0. The van der Waals surface area contributed by atoms with E-state index in [9.17, 15) is 0 Å². The van der Waals surface area contributed by atoms with E-state index in [0.717, 1.165) is 33.3 Å². The van der Waals surface area contributed by atoms with Gasteiger partial charge in [-0.2, -0.15) is 0 Å². The average molecular weight is 380 g/mol. The van der Waals surface area contributed by atoms with Gasteiger partial charge in [-0.25, -0.2) is 9.66 Å². The van der Waals surface area contributed by atoms with Crippen molar-refractivity contribution in [3.63, 3.8) is 0 Å². The monoisotopic (exact) mass is 380 g/mol. The van der Waals surface area contributed by atoms with Crippen molar-refractivity contribution in [2.75, 3.05) is 38.2 Å². The van der Waals surface area contributed by atoms with E-state index in [1.807, 2.05) is 42.2 Å². The van der Waals surface area contributed by atoms with Gasteiger partial charge in [0.25, 0.3) is 0 Å². The van der Waals surface area contributed by atoms with E-state index >= 15 is 0 Å². The van der Waals surface area contributed by atoms with E-state index in [4.69, 9.17) is 19.9 Å². The third kappa shape index (κ3) is 3.14. The molecular formula is C21H24N4O3. The Morgan fingerprint density at radius 3 is 2.75 bits per heavy atom. The number of nitrogen functional groups attached to an aromatic ring is 1. The molecule has 0 fully saturated rings. The predicted octanol–water partition coefficient (Wildman–Crippen LogP) is 3.08. The molecule has 2 heterocycles. The molecule has 0 aliphatic carbocycles. The molecule has 7 heteroatoms. The van der Waals surface area contributed by atoms with Crippen molar-refractivity contribution in [2.24, 2.45) is 0 Å². The van der Waals surface area contributed by atoms with Gasteiger partial charge in [-0.15, -0.1) is 0 Å². The summed E-state index contributed by atoms with van der Waals surface area (Å²) in [4.78, 5) is 4.31. The maximum absolute atomic E-state index is 6.52. The fourth-order valence-corrected chi connectivity index (χ4v) is 3.51. The summed E-state index contributed by atoms with van der Waals surface area (Å²) in [6.45, 7) is 3.62. The maximum atomic E-state index is 6.52. The van der Waals surface area contributed by atoms with Crippen LogP contribution in [-0.2, 0) is 11.3 Å². The number of imidazole rings is 1. The van der Waals surface area contributed by atoms with Crippen LogP contribution >= 0.6 is 0 Å². The predicted molar refractivity (Wildman–Crippen MR) is 110 cm³/mol. The topological polar surface area (TPSA) is 74.8 Å². The Morgan fingerprint density at radius 1 is 1.18 bits per heavy atom. The molecule has 0 radical (unpaired) electrons. The number of benzene rings is 2. The van der Waals surface area contributed by atoms with Crippen LogP contribution in [0.3, 0.4) is 0 Å². The molecule has 3 aromatic rings. The first kappa shape index (κ1) is 18.2. The number of methoxy groups -OCH3 is 2. The van der Waals surface area contributed by atoms with Crippen molar-refractivity contribution in [1.82, 2.24) is 9.66 Å². The van der Waals surface area contributed by atoms with Crippen molar-refractivity contribution in [1.29, 1.82) is 0 Å². The van der Waals surface area contributed by atoms with Gasteiger partial charge in [-0.1, -0.05) is 0 Å². The quantitative estimate of drug-likeness (QED) is 0.523. The molecule has 2 aromatic carbocycles. The van der Waals surface area contributed by atoms with Crippen LogP contribution in [0.25, 0.3) is 16.8 Å². The third-order valence-corrected chi connectivity index (χ3v) is 4.90. The lowest BCUT2D eigenvalue weighted by molar-refractivity contribution is 0.144. The highest BCUT2D eigenvalue weighted by Crippen LogP contribution is 2.41. The summed E-state index contributed by atoms with van der Waals surface area (Å²) in [5, 5.41) is 3.97. The number of nitrogens with zero attached hydrogens (tertiary/aromatic N) is 3. The molecule has 28 heavy (non-hydrogen) atoms. The van der Waals surface area contributed by atoms with Gasteiger partial charge in [-0.3, -0.25) is 5.01 Å². The number of ether oxygens (including phenoxy) is 3. The van der Waals surface area contributed by atoms with Gasteiger partial charge < -0.3 is 19.9 Å². The van der Waals surface area contributed by atoms with Gasteiger partial charge in [0.1, 0.15) is 12.9 Å². The summed E-state index contributed by atoms with van der Waals surface area (Å²) in [6, 6.07) is 6.01. The highest BCUT2D eigenvalue weighted by Gasteiger charge is 2.20. The fraction of sp³-hybridized carbons (Fsp3) is 0.286. The molecule has 0 spiro atoms. The van der Waals surface area contributed by atoms with Crippen LogP contribution in [0.2, 0.25) is 0 Å². The van der Waals surface area contributed by atoms with Gasteiger partial charge in [0.2, 0.25) is 0 Å². The molecule has 0 saturated heterocycles. The zero-order chi connectivity index (χ0) is 19.7. The second-order valence-electron chi connectivity index (χ2n) is 6.70. The van der Waals surface area contributed by atoms with Crippen LogP contribution in [0.5, 0.6) is 11.5 Å². The minimum absolute atomic E-state index is 0.454. The van der Waals surface area contributed by atoms with E-state index in [0.29, 0.717) is 31.3 Å². The van der Waals surface area contributed by atoms with Gasteiger partial charge in [0.05, 0.1) is 26.0 Å². The molecule has 2 N–H and O–H groups in total. The van der Waals surface area contributed by atoms with E-state index in [-0.39, 0.29) is 0 Å². The van der Waals surface area contributed by atoms with E-state index < -0.39 is 0 Å². The molecule has 0 bridgehead atoms. The standard InChI is InChI=1S/C21H24N4O3/c1-14-11-25(13-23-14)24-7-6-16-15(12-24)10-18-17(20(16)22)4-5-19(21(18)27-3)28-9-8-26-2/h4-7,10-11,13H,8-9,12,22H2,1-3H3. The zero-order valence-corrected chi connectivity index (χ0v) is 16.3. The molecule has 0 unspecified atom stereocenters. The molecule has 4 rings (SSSR count). The van der Waals surface area contributed by atoms with E-state index in [1.54, 1.807) is 20.5 Å². The number of rotatable bonds is 6. The number of fused-ring (bicyclic) bond motifs is 2. The van der Waals surface area contributed by atoms with Crippen molar-refractivity contribution >= 4 is 22.5 Å². The highest BCUT2D eigenvalue weighted by atomic mass is 16.5. The Bertz CT molecular complexity index is 1040. The first-order valence-corrected chi connectivity index (χ1v) is 9.12. The fourth-order valence-electron chi connectivity index (χ4n) is 3.51. The van der Waals surface area contributed by atoms with E-state index in [2.05, 4.69) is 16.1 Å². The van der Waals surface area contributed by atoms with Crippen molar-refractivity contribution in [2.45, 2.75) is 13.5 Å². The lowest BCUT2D eigenvalue weighted by Crippen LogP contribution is -2.29. The number of hydrogen-bond acceptors (Lipinski definition) is 6. The molecular weight excluding hydrogens is 356 g/mol. The summed E-state index contributed by atoms with van der Waals surface area (Å²) in [6.07, 6.45) is 7.85. The van der Waals surface area contributed by atoms with Crippen LogP contribution in [0.15, 0.2) is 36.9 Å². The smallest absolute Gasteiger partial charge is 0.168 e. The Balaban J connectivity index is 1.77. The van der Waals surface area contributed by atoms with Crippen LogP contribution in [-0.4, -0.2) is 37.1 Å². The van der Waals surface area contributed by atoms with Crippen molar-refractivity contribution in [3.8, 4) is 11.5 Å². The SMILES string of the molecule is COCCOc1ccc2c(N)c3c(cc2c1OC)CN(n1cnc(C)c1)C=C3. The van der Waals surface area contributed by atoms with E-state index in [1.165, 1.54) is 0 Å². The summed E-state index contributed by atoms with van der Waals surface area (Å²) in [5.74, 6) is 1.36.